The van der Waals surface area contributed by atoms with Gasteiger partial charge in [-0.05, 0) is 38.1 Å². The minimum atomic E-state index is -4.40. The summed E-state index contributed by atoms with van der Waals surface area (Å²) in [4.78, 5) is 6.18. The minimum absolute atomic E-state index is 0.125. The molecule has 0 spiro atoms. The molecule has 0 aromatic carbocycles. The fraction of sp³-hybridized carbons (Fsp3) is 0.615. The average Bonchev–Trinajstić information content (AvgIpc) is 2.38. The molecule has 0 saturated carbocycles. The number of nitrogen functional groups attached to an aromatic ring is 1. The predicted molar refractivity (Wildman–Crippen MR) is 72.4 cm³/mol. The normalized spacial score (nSPS) is 17.1. The Morgan fingerprint density at radius 1 is 1.20 bits per heavy atom. The van der Waals surface area contributed by atoms with Crippen LogP contribution in [0.15, 0.2) is 12.1 Å². The van der Waals surface area contributed by atoms with Crippen molar-refractivity contribution in [1.82, 2.24) is 9.88 Å². The van der Waals surface area contributed by atoms with Gasteiger partial charge in [-0.15, -0.1) is 0 Å². The third-order valence-electron chi connectivity index (χ3n) is 3.36. The number of piperidine rings is 1. The Hall–Kier alpha value is -1.50. The van der Waals surface area contributed by atoms with Crippen molar-refractivity contribution in [2.24, 2.45) is 0 Å². The Balaban J connectivity index is 1.90. The van der Waals surface area contributed by atoms with Gasteiger partial charge in [-0.3, -0.25) is 0 Å². The molecule has 20 heavy (non-hydrogen) atoms. The molecular weight excluding hydrogens is 269 g/mol. The van der Waals surface area contributed by atoms with Gasteiger partial charge in [0.25, 0.3) is 0 Å². The summed E-state index contributed by atoms with van der Waals surface area (Å²) in [7, 11) is 0. The van der Waals surface area contributed by atoms with Crippen LogP contribution < -0.4 is 11.1 Å². The highest BCUT2D eigenvalue weighted by molar-refractivity contribution is 5.47. The van der Waals surface area contributed by atoms with E-state index in [9.17, 15) is 13.2 Å². The van der Waals surface area contributed by atoms with Gasteiger partial charge in [-0.25, -0.2) is 4.98 Å². The zero-order valence-corrected chi connectivity index (χ0v) is 11.2. The number of pyridine rings is 1. The van der Waals surface area contributed by atoms with Gasteiger partial charge in [0.15, 0.2) is 0 Å². The second kappa shape index (κ2) is 6.30. The van der Waals surface area contributed by atoms with Crippen molar-refractivity contribution in [2.45, 2.75) is 25.4 Å². The van der Waals surface area contributed by atoms with Crippen LogP contribution in [-0.2, 0) is 6.18 Å². The number of likely N-dealkylation sites (tertiary alicyclic amines) is 1. The number of alkyl halides is 3. The van der Waals surface area contributed by atoms with E-state index >= 15 is 0 Å². The van der Waals surface area contributed by atoms with Crippen LogP contribution in [0.2, 0.25) is 0 Å². The average molecular weight is 288 g/mol. The van der Waals surface area contributed by atoms with Gasteiger partial charge in [-0.1, -0.05) is 6.42 Å². The molecule has 2 rings (SSSR count). The van der Waals surface area contributed by atoms with Gasteiger partial charge >= 0.3 is 6.18 Å². The molecule has 0 aliphatic carbocycles. The largest absolute Gasteiger partial charge is 0.416 e. The number of anilines is 2. The molecule has 1 aliphatic rings. The molecular formula is C13H19F3N4. The Bertz CT molecular complexity index is 442. The third-order valence-corrected chi connectivity index (χ3v) is 3.36. The Morgan fingerprint density at radius 2 is 1.90 bits per heavy atom. The molecule has 0 bridgehead atoms. The highest BCUT2D eigenvalue weighted by Gasteiger charge is 2.31. The van der Waals surface area contributed by atoms with E-state index in [2.05, 4.69) is 15.2 Å². The number of aromatic nitrogens is 1. The maximum atomic E-state index is 12.6. The first kappa shape index (κ1) is 14.9. The van der Waals surface area contributed by atoms with Gasteiger partial charge in [0.1, 0.15) is 11.6 Å². The van der Waals surface area contributed by atoms with Gasteiger partial charge in [0.2, 0.25) is 0 Å². The van der Waals surface area contributed by atoms with Crippen LogP contribution in [-0.4, -0.2) is 36.1 Å². The molecule has 7 heteroatoms. The molecule has 1 aliphatic heterocycles. The molecule has 0 unspecified atom stereocenters. The first-order valence-corrected chi connectivity index (χ1v) is 6.76. The van der Waals surface area contributed by atoms with E-state index in [1.54, 1.807) is 0 Å². The van der Waals surface area contributed by atoms with Gasteiger partial charge < -0.3 is 16.0 Å². The molecule has 112 valence electrons. The molecule has 0 amide bonds. The highest BCUT2D eigenvalue weighted by atomic mass is 19.4. The summed E-state index contributed by atoms with van der Waals surface area (Å²) in [5.74, 6) is 0.0506. The lowest BCUT2D eigenvalue weighted by Gasteiger charge is -2.26. The van der Waals surface area contributed by atoms with Crippen molar-refractivity contribution in [1.29, 1.82) is 0 Å². The smallest absolute Gasteiger partial charge is 0.384 e. The monoisotopic (exact) mass is 288 g/mol. The SMILES string of the molecule is Nc1cc(C(F)(F)F)cc(NCCN2CCCCC2)n1. The van der Waals surface area contributed by atoms with Crippen molar-refractivity contribution in [3.63, 3.8) is 0 Å². The van der Waals surface area contributed by atoms with Crippen molar-refractivity contribution in [2.75, 3.05) is 37.2 Å². The number of hydrogen-bond donors (Lipinski definition) is 2. The van der Waals surface area contributed by atoms with Crippen molar-refractivity contribution in [3.8, 4) is 0 Å². The summed E-state index contributed by atoms with van der Waals surface area (Å²) < 4.78 is 37.9. The summed E-state index contributed by atoms with van der Waals surface area (Å²) in [5, 5.41) is 2.91. The number of rotatable bonds is 4. The molecule has 0 radical (unpaired) electrons. The van der Waals surface area contributed by atoms with E-state index in [0.717, 1.165) is 31.8 Å². The number of nitrogens with zero attached hydrogens (tertiary/aromatic N) is 2. The first-order valence-electron chi connectivity index (χ1n) is 6.76. The van der Waals surface area contributed by atoms with Crippen molar-refractivity contribution < 1.29 is 13.2 Å². The Morgan fingerprint density at radius 3 is 2.55 bits per heavy atom. The second-order valence-electron chi connectivity index (χ2n) is 4.99. The summed E-state index contributed by atoms with van der Waals surface area (Å²) in [6.07, 6.45) is -0.764. The van der Waals surface area contributed by atoms with Crippen molar-refractivity contribution >= 4 is 11.6 Å². The van der Waals surface area contributed by atoms with Crippen LogP contribution in [0.4, 0.5) is 24.8 Å². The molecule has 0 atom stereocenters. The Labute approximate surface area is 116 Å². The van der Waals surface area contributed by atoms with Crippen LogP contribution in [0, 0.1) is 0 Å². The van der Waals surface area contributed by atoms with Crippen LogP contribution >= 0.6 is 0 Å². The second-order valence-corrected chi connectivity index (χ2v) is 4.99. The summed E-state index contributed by atoms with van der Waals surface area (Å²) >= 11 is 0. The number of halogens is 3. The lowest BCUT2D eigenvalue weighted by atomic mass is 10.1. The number of hydrogen-bond acceptors (Lipinski definition) is 4. The molecule has 4 nitrogen and oxygen atoms in total. The van der Waals surface area contributed by atoms with Crippen LogP contribution in [0.5, 0.6) is 0 Å². The van der Waals surface area contributed by atoms with Crippen LogP contribution in [0.25, 0.3) is 0 Å². The molecule has 1 aromatic rings. The summed E-state index contributed by atoms with van der Waals surface area (Å²) in [6.45, 7) is 3.48. The summed E-state index contributed by atoms with van der Waals surface area (Å²) in [5.41, 5.74) is 4.64. The Kier molecular flexibility index (Phi) is 4.69. The predicted octanol–water partition coefficient (Wildman–Crippen LogP) is 2.58. The topological polar surface area (TPSA) is 54.2 Å². The quantitative estimate of drug-likeness (QED) is 0.894. The van der Waals surface area contributed by atoms with E-state index in [-0.39, 0.29) is 11.6 Å². The molecule has 1 saturated heterocycles. The standard InChI is InChI=1S/C13H19F3N4/c14-13(15,16)10-8-11(17)19-12(9-10)18-4-7-20-5-2-1-3-6-20/h8-9H,1-7H2,(H3,17,18,19). The fourth-order valence-electron chi connectivity index (χ4n) is 2.33. The van der Waals surface area contributed by atoms with E-state index in [1.165, 1.54) is 19.3 Å². The van der Waals surface area contributed by atoms with E-state index in [0.29, 0.717) is 6.54 Å². The maximum absolute atomic E-state index is 12.6. The van der Waals surface area contributed by atoms with Crippen molar-refractivity contribution in [3.05, 3.63) is 17.7 Å². The first-order chi connectivity index (χ1) is 9.45. The minimum Gasteiger partial charge on any atom is -0.384 e. The highest BCUT2D eigenvalue weighted by Crippen LogP contribution is 2.31. The lowest BCUT2D eigenvalue weighted by molar-refractivity contribution is -0.137. The van der Waals surface area contributed by atoms with Gasteiger partial charge in [0.05, 0.1) is 5.56 Å². The molecule has 1 aromatic heterocycles. The zero-order valence-electron chi connectivity index (χ0n) is 11.2. The molecule has 1 fully saturated rings. The van der Waals surface area contributed by atoms with E-state index < -0.39 is 11.7 Å². The number of nitrogens with two attached hydrogens (primary N) is 1. The third kappa shape index (κ3) is 4.26. The maximum Gasteiger partial charge on any atom is 0.416 e. The van der Waals surface area contributed by atoms with Crippen LogP contribution in [0.3, 0.4) is 0 Å². The summed E-state index contributed by atoms with van der Waals surface area (Å²) in [6, 6.07) is 1.84. The molecule has 2 heterocycles. The molecule has 3 N–H and O–H groups in total. The zero-order chi connectivity index (χ0) is 14.6. The number of nitrogens with one attached hydrogen (secondary N) is 1. The van der Waals surface area contributed by atoms with Crippen LogP contribution in [0.1, 0.15) is 24.8 Å². The lowest BCUT2D eigenvalue weighted by Crippen LogP contribution is -2.33. The van der Waals surface area contributed by atoms with Gasteiger partial charge in [-0.2, -0.15) is 13.2 Å². The van der Waals surface area contributed by atoms with E-state index in [1.807, 2.05) is 0 Å². The van der Waals surface area contributed by atoms with E-state index in [4.69, 9.17) is 5.73 Å². The fourth-order valence-corrected chi connectivity index (χ4v) is 2.33. The van der Waals surface area contributed by atoms with Gasteiger partial charge in [0, 0.05) is 13.1 Å².